The van der Waals surface area contributed by atoms with Gasteiger partial charge in [0.1, 0.15) is 17.5 Å². The van der Waals surface area contributed by atoms with E-state index in [1.807, 2.05) is 0 Å². The van der Waals surface area contributed by atoms with Crippen LogP contribution in [0, 0.1) is 0 Å². The Bertz CT molecular complexity index is 854. The second-order valence-electron chi connectivity index (χ2n) is 8.82. The Morgan fingerprint density at radius 2 is 1.32 bits per heavy atom. The summed E-state index contributed by atoms with van der Waals surface area (Å²) in [6.07, 6.45) is -0.419. The van der Waals surface area contributed by atoms with Crippen molar-refractivity contribution in [2.75, 3.05) is 83.4 Å². The van der Waals surface area contributed by atoms with Gasteiger partial charge in [-0.3, -0.25) is 19.3 Å². The smallest absolute Gasteiger partial charge is 0.246 e. The minimum absolute atomic E-state index is 0.00850. The van der Waals surface area contributed by atoms with Crippen LogP contribution in [0.4, 0.5) is 5.69 Å². The van der Waals surface area contributed by atoms with Crippen molar-refractivity contribution in [3.8, 4) is 11.5 Å². The molecule has 1 aliphatic rings. The van der Waals surface area contributed by atoms with Gasteiger partial charge in [-0.25, -0.2) is 0 Å². The minimum Gasteiger partial charge on any atom is -0.508 e. The summed E-state index contributed by atoms with van der Waals surface area (Å²) in [5, 5.41) is 36.7. The number of nitrogens with two attached hydrogens (primary N) is 1. The van der Waals surface area contributed by atoms with Gasteiger partial charge in [-0.15, -0.1) is 0 Å². The van der Waals surface area contributed by atoms with Gasteiger partial charge in [-0.1, -0.05) is 0 Å². The molecule has 1 fully saturated rings. The predicted molar refractivity (Wildman–Crippen MR) is 141 cm³/mol. The molecule has 2 rings (SSSR count). The Hall–Kier alpha value is -2.97. The van der Waals surface area contributed by atoms with Crippen molar-refractivity contribution >= 4 is 23.4 Å². The Kier molecular flexibility index (Phi) is 13.7. The van der Waals surface area contributed by atoms with Crippen LogP contribution in [0.15, 0.2) is 18.2 Å². The first-order valence-corrected chi connectivity index (χ1v) is 12.7. The number of phenols is 2. The Balaban J connectivity index is 2.20. The number of nitrogens with one attached hydrogen (secondary N) is 5. The van der Waals surface area contributed by atoms with Crippen LogP contribution >= 0.6 is 0 Å². The number of rotatable bonds is 5. The first kappa shape index (κ1) is 30.3. The first-order valence-electron chi connectivity index (χ1n) is 12.7. The van der Waals surface area contributed by atoms with Gasteiger partial charge in [-0.2, -0.15) is 0 Å². The molecular formula is C24H42N8O5. The maximum Gasteiger partial charge on any atom is 0.246 e. The summed E-state index contributed by atoms with van der Waals surface area (Å²) in [4.78, 5) is 41.0. The molecule has 0 spiro atoms. The minimum atomic E-state index is -1.25. The summed E-state index contributed by atoms with van der Waals surface area (Å²) in [7, 11) is 0. The standard InChI is InChI=1S/C24H42N8O5/c1-18(33)32(20-3-2-19(34)16-22(20)35)21(17-23(25)36)24(37)31-14-12-29-10-8-27-6-4-26-5-7-28-9-11-30-13-15-31/h2-3,16,21,26-30,34-35H,4-15,17H2,1H3,(H2,25,36)/t21-/m0/s1. The third-order valence-electron chi connectivity index (χ3n) is 5.89. The van der Waals surface area contributed by atoms with Crippen molar-refractivity contribution in [2.24, 2.45) is 5.73 Å². The van der Waals surface area contributed by atoms with Gasteiger partial charge < -0.3 is 47.4 Å². The fourth-order valence-corrected chi connectivity index (χ4v) is 4.06. The fraction of sp³-hybridized carbons (Fsp3) is 0.625. The van der Waals surface area contributed by atoms with E-state index in [9.17, 15) is 24.6 Å². The lowest BCUT2D eigenvalue weighted by Crippen LogP contribution is -2.54. The Morgan fingerprint density at radius 1 is 0.865 bits per heavy atom. The molecule has 1 aromatic rings. The summed E-state index contributed by atoms with van der Waals surface area (Å²) in [6, 6.07) is 2.43. The number of aromatic hydroxyl groups is 2. The Morgan fingerprint density at radius 3 is 1.73 bits per heavy atom. The largest absolute Gasteiger partial charge is 0.508 e. The lowest BCUT2D eigenvalue weighted by atomic mass is 10.1. The summed E-state index contributed by atoms with van der Waals surface area (Å²) in [6.45, 7) is 9.43. The van der Waals surface area contributed by atoms with Crippen molar-refractivity contribution in [1.29, 1.82) is 0 Å². The number of benzene rings is 1. The maximum atomic E-state index is 13.8. The van der Waals surface area contributed by atoms with Gasteiger partial charge in [0.25, 0.3) is 0 Å². The number of nitrogens with zero attached hydrogens (tertiary/aromatic N) is 2. The molecule has 1 heterocycles. The van der Waals surface area contributed by atoms with Crippen LogP contribution in [0.25, 0.3) is 0 Å². The molecule has 0 aromatic heterocycles. The van der Waals surface area contributed by atoms with Crippen LogP contribution in [0.1, 0.15) is 13.3 Å². The highest BCUT2D eigenvalue weighted by molar-refractivity contribution is 6.02. The monoisotopic (exact) mass is 522 g/mol. The van der Waals surface area contributed by atoms with Crippen molar-refractivity contribution in [3.63, 3.8) is 0 Å². The maximum absolute atomic E-state index is 13.8. The molecule has 0 unspecified atom stereocenters. The Labute approximate surface area is 218 Å². The van der Waals surface area contributed by atoms with E-state index in [0.29, 0.717) is 39.3 Å². The van der Waals surface area contributed by atoms with Gasteiger partial charge in [0.15, 0.2) is 0 Å². The van der Waals surface area contributed by atoms with E-state index in [-0.39, 0.29) is 11.4 Å². The molecule has 0 aliphatic carbocycles. The first-order chi connectivity index (χ1) is 17.8. The van der Waals surface area contributed by atoms with Gasteiger partial charge in [0, 0.05) is 91.5 Å². The molecule has 0 radical (unpaired) electrons. The van der Waals surface area contributed by atoms with Crippen LogP contribution in [0.3, 0.4) is 0 Å². The lowest BCUT2D eigenvalue weighted by Gasteiger charge is -2.34. The van der Waals surface area contributed by atoms with Crippen LogP contribution in [0.5, 0.6) is 11.5 Å². The van der Waals surface area contributed by atoms with E-state index in [1.54, 1.807) is 4.90 Å². The number of hydrogen-bond donors (Lipinski definition) is 8. The SMILES string of the molecule is CC(=O)N(c1ccc(O)cc1O)[C@@H](CC(N)=O)C(=O)N1CCNCCNCCNCCNCCNCC1. The van der Waals surface area contributed by atoms with E-state index in [4.69, 9.17) is 5.73 Å². The van der Waals surface area contributed by atoms with Crippen molar-refractivity contribution < 1.29 is 24.6 Å². The van der Waals surface area contributed by atoms with E-state index in [1.165, 1.54) is 19.1 Å². The number of carbonyl (C=O) groups excluding carboxylic acids is 3. The molecule has 3 amide bonds. The van der Waals surface area contributed by atoms with E-state index >= 15 is 0 Å². The van der Waals surface area contributed by atoms with Crippen LogP contribution in [0.2, 0.25) is 0 Å². The summed E-state index contributed by atoms with van der Waals surface area (Å²) < 4.78 is 0. The van der Waals surface area contributed by atoms with Gasteiger partial charge >= 0.3 is 0 Å². The highest BCUT2D eigenvalue weighted by Crippen LogP contribution is 2.33. The molecule has 1 aliphatic heterocycles. The quantitative estimate of drug-likeness (QED) is 0.205. The molecule has 1 saturated heterocycles. The fourth-order valence-electron chi connectivity index (χ4n) is 4.06. The second kappa shape index (κ2) is 16.7. The number of anilines is 1. The van der Waals surface area contributed by atoms with Crippen molar-refractivity contribution in [3.05, 3.63) is 18.2 Å². The van der Waals surface area contributed by atoms with E-state index in [0.717, 1.165) is 50.2 Å². The normalized spacial score (nSPS) is 18.2. The molecular weight excluding hydrogens is 480 g/mol. The highest BCUT2D eigenvalue weighted by atomic mass is 16.3. The average molecular weight is 523 g/mol. The topological polar surface area (TPSA) is 184 Å². The summed E-state index contributed by atoms with van der Waals surface area (Å²) in [5.41, 5.74) is 5.48. The summed E-state index contributed by atoms with van der Waals surface area (Å²) >= 11 is 0. The van der Waals surface area contributed by atoms with Crippen molar-refractivity contribution in [2.45, 2.75) is 19.4 Å². The highest BCUT2D eigenvalue weighted by Gasteiger charge is 2.35. The molecule has 13 heteroatoms. The van der Waals surface area contributed by atoms with Crippen LogP contribution < -0.4 is 37.2 Å². The molecule has 208 valence electrons. The third-order valence-corrected chi connectivity index (χ3v) is 5.89. The molecule has 13 nitrogen and oxygen atoms in total. The van der Waals surface area contributed by atoms with Crippen molar-refractivity contribution in [1.82, 2.24) is 31.5 Å². The number of amides is 3. The van der Waals surface area contributed by atoms with Crippen LogP contribution in [-0.2, 0) is 14.4 Å². The zero-order valence-electron chi connectivity index (χ0n) is 21.6. The molecule has 9 N–H and O–H groups in total. The predicted octanol–water partition coefficient (Wildman–Crippen LogP) is -2.52. The molecule has 37 heavy (non-hydrogen) atoms. The average Bonchev–Trinajstić information content (AvgIpc) is 2.84. The lowest BCUT2D eigenvalue weighted by molar-refractivity contribution is -0.136. The number of primary amides is 1. The summed E-state index contributed by atoms with van der Waals surface area (Å²) in [5.74, 6) is -2.36. The van der Waals surface area contributed by atoms with Gasteiger partial charge in [0.2, 0.25) is 17.7 Å². The molecule has 0 bridgehead atoms. The second-order valence-corrected chi connectivity index (χ2v) is 8.82. The molecule has 0 saturated carbocycles. The van der Waals surface area contributed by atoms with Gasteiger partial charge in [-0.05, 0) is 12.1 Å². The molecule has 1 atom stereocenters. The number of carbonyl (C=O) groups is 3. The van der Waals surface area contributed by atoms with E-state index in [2.05, 4.69) is 26.6 Å². The number of hydrogen-bond acceptors (Lipinski definition) is 10. The van der Waals surface area contributed by atoms with Gasteiger partial charge in [0.05, 0.1) is 12.1 Å². The van der Waals surface area contributed by atoms with E-state index < -0.39 is 35.9 Å². The number of phenolic OH excluding ortho intramolecular Hbond substituents is 2. The van der Waals surface area contributed by atoms with Crippen LogP contribution in [-0.4, -0.2) is 117 Å². The third kappa shape index (κ3) is 10.9. The molecule has 1 aromatic carbocycles. The zero-order valence-corrected chi connectivity index (χ0v) is 21.6. The zero-order chi connectivity index (χ0) is 27.0.